The van der Waals surface area contributed by atoms with Gasteiger partial charge in [0.25, 0.3) is 0 Å². The van der Waals surface area contributed by atoms with Crippen LogP contribution in [0.2, 0.25) is 4.34 Å². The van der Waals surface area contributed by atoms with Crippen LogP contribution in [-0.4, -0.2) is 0 Å². The maximum Gasteiger partial charge on any atom is 0.418 e. The van der Waals surface area contributed by atoms with Gasteiger partial charge in [-0.15, -0.1) is 11.3 Å². The van der Waals surface area contributed by atoms with Crippen LogP contribution in [0.3, 0.4) is 0 Å². The van der Waals surface area contributed by atoms with Crippen LogP contribution >= 0.6 is 38.9 Å². The van der Waals surface area contributed by atoms with E-state index < -0.39 is 11.7 Å². The van der Waals surface area contributed by atoms with E-state index in [1.807, 2.05) is 5.38 Å². The van der Waals surface area contributed by atoms with E-state index in [-0.39, 0.29) is 11.7 Å². The van der Waals surface area contributed by atoms with Crippen LogP contribution in [0.25, 0.3) is 0 Å². The number of hydrogen-bond acceptors (Lipinski definition) is 2. The fourth-order valence-corrected chi connectivity index (χ4v) is 3.09. The van der Waals surface area contributed by atoms with E-state index in [1.165, 1.54) is 17.4 Å². The zero-order valence-corrected chi connectivity index (χ0v) is 13.4. The van der Waals surface area contributed by atoms with Crippen molar-refractivity contribution in [1.82, 2.24) is 0 Å². The van der Waals surface area contributed by atoms with E-state index >= 15 is 0 Å². The van der Waals surface area contributed by atoms with Gasteiger partial charge in [-0.2, -0.15) is 13.2 Å². The number of hydrogen-bond donors (Lipinski definition) is 1. The van der Waals surface area contributed by atoms with Crippen molar-refractivity contribution in [2.45, 2.75) is 19.1 Å². The third-order valence-electron chi connectivity index (χ3n) is 2.75. The van der Waals surface area contributed by atoms with E-state index in [9.17, 15) is 13.2 Å². The minimum atomic E-state index is -4.40. The summed E-state index contributed by atoms with van der Waals surface area (Å²) in [5, 5.41) is 4.71. The van der Waals surface area contributed by atoms with E-state index in [1.54, 1.807) is 19.1 Å². The molecule has 1 unspecified atom stereocenters. The molecule has 1 aromatic carbocycles. The maximum absolute atomic E-state index is 13.0. The lowest BCUT2D eigenvalue weighted by Crippen LogP contribution is -2.13. The summed E-state index contributed by atoms with van der Waals surface area (Å²) in [5.74, 6) is 0. The third-order valence-corrected chi connectivity index (χ3v) is 4.35. The lowest BCUT2D eigenvalue weighted by Gasteiger charge is -2.19. The molecule has 2 aromatic rings. The highest BCUT2D eigenvalue weighted by atomic mass is 79.9. The second-order valence-electron chi connectivity index (χ2n) is 4.24. The molecule has 0 spiro atoms. The van der Waals surface area contributed by atoms with Crippen molar-refractivity contribution in [1.29, 1.82) is 0 Å². The highest BCUT2D eigenvalue weighted by Gasteiger charge is 2.34. The fraction of sp³-hybridized carbons (Fsp3) is 0.231. The Morgan fingerprint density at radius 2 is 2.00 bits per heavy atom. The summed E-state index contributed by atoms with van der Waals surface area (Å²) in [6, 6.07) is 5.54. The second kappa shape index (κ2) is 5.95. The minimum Gasteiger partial charge on any atom is -0.378 e. The van der Waals surface area contributed by atoms with Crippen molar-refractivity contribution < 1.29 is 13.2 Å². The van der Waals surface area contributed by atoms with Crippen LogP contribution < -0.4 is 5.32 Å². The lowest BCUT2D eigenvalue weighted by atomic mass is 10.1. The van der Waals surface area contributed by atoms with Crippen molar-refractivity contribution >= 4 is 44.6 Å². The number of rotatable bonds is 3. The molecule has 0 aliphatic heterocycles. The van der Waals surface area contributed by atoms with Crippen LogP contribution in [0.1, 0.15) is 24.1 Å². The molecule has 0 fully saturated rings. The van der Waals surface area contributed by atoms with Gasteiger partial charge >= 0.3 is 6.18 Å². The molecule has 108 valence electrons. The van der Waals surface area contributed by atoms with Gasteiger partial charge < -0.3 is 5.32 Å². The molecule has 0 saturated carbocycles. The van der Waals surface area contributed by atoms with Gasteiger partial charge in [-0.25, -0.2) is 0 Å². The van der Waals surface area contributed by atoms with Crippen LogP contribution in [0.5, 0.6) is 0 Å². The van der Waals surface area contributed by atoms with Gasteiger partial charge in [0.2, 0.25) is 0 Å². The third kappa shape index (κ3) is 3.68. The topological polar surface area (TPSA) is 12.0 Å². The van der Waals surface area contributed by atoms with Crippen molar-refractivity contribution in [3.8, 4) is 0 Å². The Kier molecular flexibility index (Phi) is 4.66. The monoisotopic (exact) mass is 383 g/mol. The quantitative estimate of drug-likeness (QED) is 0.649. The summed E-state index contributed by atoms with van der Waals surface area (Å²) >= 11 is 10.2. The Balaban J connectivity index is 2.29. The average Bonchev–Trinajstić information content (AvgIpc) is 2.77. The molecule has 0 aliphatic carbocycles. The predicted molar refractivity (Wildman–Crippen MR) is 80.5 cm³/mol. The SMILES string of the molecule is CC(Nc1ccc(Br)cc1C(F)(F)F)c1csc(Cl)c1. The van der Waals surface area contributed by atoms with Crippen LogP contribution in [0.15, 0.2) is 34.1 Å². The Morgan fingerprint density at radius 1 is 1.30 bits per heavy atom. The van der Waals surface area contributed by atoms with Gasteiger partial charge in [-0.1, -0.05) is 27.5 Å². The molecule has 0 aliphatic rings. The molecule has 1 atom stereocenters. The van der Waals surface area contributed by atoms with Gasteiger partial charge in [0.05, 0.1) is 9.90 Å². The number of anilines is 1. The first-order valence-electron chi connectivity index (χ1n) is 5.64. The summed E-state index contributed by atoms with van der Waals surface area (Å²) in [5.41, 5.74) is 0.214. The lowest BCUT2D eigenvalue weighted by molar-refractivity contribution is -0.137. The van der Waals surface area contributed by atoms with E-state index in [0.717, 1.165) is 11.6 Å². The smallest absolute Gasteiger partial charge is 0.378 e. The minimum absolute atomic E-state index is 0.0514. The first-order valence-corrected chi connectivity index (χ1v) is 7.69. The standard InChI is InChI=1S/C13H10BrClF3NS/c1-7(8-4-12(15)20-6-8)19-11-3-2-9(14)5-10(11)13(16,17)18/h2-7,19H,1H3. The summed E-state index contributed by atoms with van der Waals surface area (Å²) in [6.07, 6.45) is -4.40. The number of alkyl halides is 3. The molecule has 1 nitrogen and oxygen atoms in total. The van der Waals surface area contributed by atoms with Gasteiger partial charge in [0.15, 0.2) is 0 Å². The Morgan fingerprint density at radius 3 is 2.55 bits per heavy atom. The summed E-state index contributed by atoms with van der Waals surface area (Å²) in [7, 11) is 0. The van der Waals surface area contributed by atoms with Crippen molar-refractivity contribution in [3.05, 3.63) is 49.6 Å². The maximum atomic E-state index is 13.0. The van der Waals surface area contributed by atoms with Crippen molar-refractivity contribution in [2.24, 2.45) is 0 Å². The van der Waals surface area contributed by atoms with Gasteiger partial charge in [0.1, 0.15) is 0 Å². The zero-order valence-electron chi connectivity index (χ0n) is 10.3. The largest absolute Gasteiger partial charge is 0.418 e. The molecule has 1 N–H and O–H groups in total. The second-order valence-corrected chi connectivity index (χ2v) is 6.70. The molecule has 0 amide bonds. The predicted octanol–water partition coefficient (Wildman–Crippen LogP) is 6.36. The normalized spacial score (nSPS) is 13.3. The highest BCUT2D eigenvalue weighted by molar-refractivity contribution is 9.10. The number of thiophene rings is 1. The molecular weight excluding hydrogens is 375 g/mol. The van der Waals surface area contributed by atoms with E-state index in [4.69, 9.17) is 11.6 Å². The van der Waals surface area contributed by atoms with Gasteiger partial charge in [0, 0.05) is 16.2 Å². The molecule has 0 radical (unpaired) electrons. The van der Waals surface area contributed by atoms with E-state index in [0.29, 0.717) is 8.81 Å². The highest BCUT2D eigenvalue weighted by Crippen LogP contribution is 2.38. The number of halogens is 5. The molecule has 1 heterocycles. The molecule has 1 aromatic heterocycles. The average molecular weight is 385 g/mol. The Labute approximate surface area is 131 Å². The first-order chi connectivity index (χ1) is 9.27. The zero-order chi connectivity index (χ0) is 14.9. The van der Waals surface area contributed by atoms with Crippen LogP contribution in [0.4, 0.5) is 18.9 Å². The van der Waals surface area contributed by atoms with Gasteiger partial charge in [-0.3, -0.25) is 0 Å². The summed E-state index contributed by atoms with van der Waals surface area (Å²) < 4.78 is 40.0. The molecule has 0 saturated heterocycles. The summed E-state index contributed by atoms with van der Waals surface area (Å²) in [6.45, 7) is 1.79. The molecule has 0 bridgehead atoms. The van der Waals surface area contributed by atoms with Gasteiger partial charge in [-0.05, 0) is 42.1 Å². The fourth-order valence-electron chi connectivity index (χ4n) is 1.74. The molecule has 2 rings (SSSR count). The molecule has 7 heteroatoms. The summed E-state index contributed by atoms with van der Waals surface area (Å²) in [4.78, 5) is 0. The number of nitrogens with one attached hydrogen (secondary N) is 1. The van der Waals surface area contributed by atoms with Crippen LogP contribution in [-0.2, 0) is 6.18 Å². The Hall–Kier alpha value is -0.720. The van der Waals surface area contributed by atoms with Crippen LogP contribution in [0, 0.1) is 0 Å². The molecular formula is C13H10BrClF3NS. The first kappa shape index (κ1) is 15.7. The number of benzene rings is 1. The van der Waals surface area contributed by atoms with E-state index in [2.05, 4.69) is 21.2 Å². The van der Waals surface area contributed by atoms with Crippen molar-refractivity contribution in [2.75, 3.05) is 5.32 Å². The van der Waals surface area contributed by atoms with Crippen molar-refractivity contribution in [3.63, 3.8) is 0 Å². The molecule has 20 heavy (non-hydrogen) atoms. The Bertz CT molecular complexity index is 612.